The smallest absolute Gasteiger partial charge is 0.407 e. The van der Waals surface area contributed by atoms with Gasteiger partial charge in [-0.1, -0.05) is 71.7 Å². The van der Waals surface area contributed by atoms with Gasteiger partial charge in [0, 0.05) is 55.7 Å². The predicted molar refractivity (Wildman–Crippen MR) is 184 cm³/mol. The second-order valence-corrected chi connectivity index (χ2v) is 13.7. The van der Waals surface area contributed by atoms with E-state index in [1.54, 1.807) is 17.2 Å². The number of carboxylic acid groups (broad SMARTS) is 1. The molecule has 0 radical (unpaired) electrons. The minimum Gasteiger partial charge on any atom is -0.465 e. The minimum absolute atomic E-state index is 0.198. The molecule has 3 aromatic heterocycles. The first-order valence-electron chi connectivity index (χ1n) is 16.4. The van der Waals surface area contributed by atoms with Crippen molar-refractivity contribution in [3.63, 3.8) is 0 Å². The Bertz CT molecular complexity index is 1950. The standard InChI is InChI=1S/C36H35Cl2N7O3/c37-27-12-8-11-24(31(27)38)32-33-34(45(42-32)30-14-5-7-18-48-30)41-29(19-40-33)43-17-15-25-26(21-43)36(25,28-13-4-6-16-39-28)22-44(35(46)47)20-23-9-2-1-3-10-23/h1-4,6,8-13,16,19,25-26,30H,5,7,14-15,17-18,20-22H2,(H,46,47). The number of fused-ring (bicyclic) bond motifs is 2. The van der Waals surface area contributed by atoms with Gasteiger partial charge < -0.3 is 19.6 Å². The van der Waals surface area contributed by atoms with Crippen LogP contribution in [0.15, 0.2) is 79.1 Å². The van der Waals surface area contributed by atoms with Gasteiger partial charge in [-0.3, -0.25) is 4.98 Å². The highest BCUT2D eigenvalue weighted by Crippen LogP contribution is 2.63. The van der Waals surface area contributed by atoms with Crippen molar-refractivity contribution in [3.05, 3.63) is 100 Å². The van der Waals surface area contributed by atoms with Crippen molar-refractivity contribution in [1.82, 2.24) is 29.6 Å². The normalized spacial score (nSPS) is 23.5. The van der Waals surface area contributed by atoms with Crippen molar-refractivity contribution in [1.29, 1.82) is 0 Å². The summed E-state index contributed by atoms with van der Waals surface area (Å²) in [5, 5.41) is 16.2. The van der Waals surface area contributed by atoms with Crippen LogP contribution in [0.25, 0.3) is 22.4 Å². The Morgan fingerprint density at radius 3 is 2.62 bits per heavy atom. The fourth-order valence-electron chi connectivity index (χ4n) is 7.87. The predicted octanol–water partition coefficient (Wildman–Crippen LogP) is 7.47. The molecule has 4 atom stereocenters. The first-order chi connectivity index (χ1) is 23.4. The summed E-state index contributed by atoms with van der Waals surface area (Å²) in [5.74, 6) is 1.25. The molecule has 48 heavy (non-hydrogen) atoms. The summed E-state index contributed by atoms with van der Waals surface area (Å²) in [7, 11) is 0. The third kappa shape index (κ3) is 5.45. The van der Waals surface area contributed by atoms with E-state index in [-0.39, 0.29) is 12.1 Å². The zero-order valence-electron chi connectivity index (χ0n) is 26.3. The summed E-state index contributed by atoms with van der Waals surface area (Å²) in [4.78, 5) is 31.3. The van der Waals surface area contributed by atoms with Gasteiger partial charge >= 0.3 is 6.09 Å². The van der Waals surface area contributed by atoms with Crippen molar-refractivity contribution < 1.29 is 14.6 Å². The number of halogens is 2. The summed E-state index contributed by atoms with van der Waals surface area (Å²) in [6.07, 6.45) is 6.19. The number of piperidine rings is 1. The lowest BCUT2D eigenvalue weighted by atomic mass is 9.94. The molecule has 1 saturated carbocycles. The molecule has 1 aliphatic carbocycles. The Morgan fingerprint density at radius 1 is 1.00 bits per heavy atom. The first kappa shape index (κ1) is 31.0. The van der Waals surface area contributed by atoms with Gasteiger partial charge in [0.05, 0.1) is 16.2 Å². The second kappa shape index (κ2) is 12.7. The van der Waals surface area contributed by atoms with Gasteiger partial charge in [-0.2, -0.15) is 5.10 Å². The van der Waals surface area contributed by atoms with Crippen molar-refractivity contribution in [2.24, 2.45) is 11.8 Å². The summed E-state index contributed by atoms with van der Waals surface area (Å²) >= 11 is 13.1. The number of aromatic nitrogens is 5. The van der Waals surface area contributed by atoms with Crippen molar-refractivity contribution in [3.8, 4) is 11.3 Å². The van der Waals surface area contributed by atoms with Crippen LogP contribution >= 0.6 is 23.2 Å². The van der Waals surface area contributed by atoms with E-state index in [2.05, 4.69) is 4.90 Å². The molecule has 5 heterocycles. The molecule has 12 heteroatoms. The molecule has 1 amide bonds. The van der Waals surface area contributed by atoms with Crippen molar-refractivity contribution >= 4 is 46.3 Å². The van der Waals surface area contributed by atoms with Crippen molar-refractivity contribution in [2.45, 2.75) is 43.9 Å². The van der Waals surface area contributed by atoms with E-state index in [1.807, 2.05) is 71.5 Å². The Kier molecular flexibility index (Phi) is 8.18. The van der Waals surface area contributed by atoms with Crippen LogP contribution in [-0.2, 0) is 16.7 Å². The van der Waals surface area contributed by atoms with E-state index in [1.165, 1.54) is 0 Å². The van der Waals surface area contributed by atoms with E-state index >= 15 is 0 Å². The zero-order chi connectivity index (χ0) is 32.8. The highest BCUT2D eigenvalue weighted by Gasteiger charge is 2.68. The molecule has 8 rings (SSSR count). The molecule has 10 nitrogen and oxygen atoms in total. The largest absolute Gasteiger partial charge is 0.465 e. The van der Waals surface area contributed by atoms with Gasteiger partial charge in [-0.05, 0) is 61.3 Å². The Balaban J connectivity index is 1.13. The van der Waals surface area contributed by atoms with E-state index < -0.39 is 11.5 Å². The third-order valence-electron chi connectivity index (χ3n) is 10.3. The van der Waals surface area contributed by atoms with Crippen LogP contribution in [0.4, 0.5) is 10.6 Å². The molecule has 3 aliphatic rings. The lowest BCUT2D eigenvalue weighted by molar-refractivity contribution is -0.0368. The highest BCUT2D eigenvalue weighted by atomic mass is 35.5. The SMILES string of the molecule is O=C(O)N(Cc1ccccc1)CC1(c2ccccn2)C2CCN(c3cnc4c(-c5cccc(Cl)c5Cl)nn(C5CCCCO5)c4n3)CC21. The molecule has 2 saturated heterocycles. The molecule has 3 fully saturated rings. The van der Waals surface area contributed by atoms with Gasteiger partial charge in [0.2, 0.25) is 0 Å². The fourth-order valence-corrected chi connectivity index (χ4v) is 8.26. The lowest BCUT2D eigenvalue weighted by Crippen LogP contribution is -2.38. The molecule has 4 unspecified atom stereocenters. The van der Waals surface area contributed by atoms with Crippen LogP contribution in [0.1, 0.15) is 43.2 Å². The molecule has 2 aliphatic heterocycles. The number of ether oxygens (including phenoxy) is 1. The van der Waals surface area contributed by atoms with E-state index in [4.69, 9.17) is 48.0 Å². The number of pyridine rings is 1. The van der Waals surface area contributed by atoms with E-state index in [0.717, 1.165) is 49.3 Å². The number of hydrogen-bond donors (Lipinski definition) is 1. The number of carbonyl (C=O) groups is 1. The van der Waals surface area contributed by atoms with Crippen LogP contribution in [-0.4, -0.2) is 67.1 Å². The second-order valence-electron chi connectivity index (χ2n) is 12.9. The maximum Gasteiger partial charge on any atom is 0.407 e. The quantitative estimate of drug-likeness (QED) is 0.179. The first-order valence-corrected chi connectivity index (χ1v) is 17.2. The summed E-state index contributed by atoms with van der Waals surface area (Å²) in [5.41, 5.74) is 4.10. The topological polar surface area (TPSA) is 110 Å². The average Bonchev–Trinajstić information content (AvgIpc) is 3.61. The Morgan fingerprint density at radius 2 is 1.85 bits per heavy atom. The minimum atomic E-state index is -0.931. The number of rotatable bonds is 8. The van der Waals surface area contributed by atoms with E-state index in [0.29, 0.717) is 64.6 Å². The average molecular weight is 685 g/mol. The van der Waals surface area contributed by atoms with Crippen molar-refractivity contribution in [2.75, 3.05) is 31.1 Å². The molecule has 246 valence electrons. The number of anilines is 1. The molecular formula is C36H35Cl2N7O3. The molecular weight excluding hydrogens is 649 g/mol. The molecule has 2 aromatic carbocycles. The highest BCUT2D eigenvalue weighted by molar-refractivity contribution is 6.43. The lowest BCUT2D eigenvalue weighted by Gasteiger charge is -2.28. The number of hydrogen-bond acceptors (Lipinski definition) is 7. The van der Waals surface area contributed by atoms with Gasteiger partial charge in [-0.15, -0.1) is 0 Å². The Hall–Kier alpha value is -4.25. The van der Waals surface area contributed by atoms with Gasteiger partial charge in [0.15, 0.2) is 11.9 Å². The zero-order valence-corrected chi connectivity index (χ0v) is 27.8. The maximum atomic E-state index is 12.6. The Labute approximate surface area is 288 Å². The summed E-state index contributed by atoms with van der Waals surface area (Å²) < 4.78 is 8.02. The summed E-state index contributed by atoms with van der Waals surface area (Å²) in [6.45, 7) is 2.83. The summed E-state index contributed by atoms with van der Waals surface area (Å²) in [6, 6.07) is 21.2. The number of nitrogens with zero attached hydrogens (tertiary/aromatic N) is 7. The van der Waals surface area contributed by atoms with Crippen LogP contribution in [0, 0.1) is 11.8 Å². The van der Waals surface area contributed by atoms with E-state index in [9.17, 15) is 9.90 Å². The molecule has 0 spiro atoms. The van der Waals surface area contributed by atoms with Crippen LogP contribution < -0.4 is 4.90 Å². The number of amides is 1. The van der Waals surface area contributed by atoms with Gasteiger partial charge in [0.1, 0.15) is 17.0 Å². The fraction of sp³-hybridized carbons (Fsp3) is 0.361. The third-order valence-corrected chi connectivity index (χ3v) is 11.1. The van der Waals surface area contributed by atoms with Gasteiger partial charge in [0.25, 0.3) is 0 Å². The maximum absolute atomic E-state index is 12.6. The van der Waals surface area contributed by atoms with Crippen LogP contribution in [0.3, 0.4) is 0 Å². The van der Waals surface area contributed by atoms with Crippen LogP contribution in [0.5, 0.6) is 0 Å². The monoisotopic (exact) mass is 683 g/mol. The number of benzene rings is 2. The molecule has 0 bridgehead atoms. The van der Waals surface area contributed by atoms with Gasteiger partial charge in [-0.25, -0.2) is 19.4 Å². The molecule has 1 N–H and O–H groups in total. The molecule has 5 aromatic rings. The van der Waals surface area contributed by atoms with Crippen LogP contribution in [0.2, 0.25) is 10.0 Å².